The smallest absolute Gasteiger partial charge is 0.354 e. The predicted molar refractivity (Wildman–Crippen MR) is 156 cm³/mol. The largest absolute Gasteiger partial charge is 0.416 e. The zero-order chi connectivity index (χ0) is 30.9. The Kier molecular flexibility index (Phi) is 11.2. The lowest BCUT2D eigenvalue weighted by atomic mass is 10.1. The van der Waals surface area contributed by atoms with Crippen molar-refractivity contribution in [2.75, 3.05) is 23.9 Å². The molecule has 3 aromatic carbocycles. The van der Waals surface area contributed by atoms with Crippen molar-refractivity contribution in [2.24, 2.45) is 0 Å². The fourth-order valence-corrected chi connectivity index (χ4v) is 5.72. The average molecular weight is 604 g/mol. The Morgan fingerprint density at radius 3 is 2.24 bits per heavy atom. The van der Waals surface area contributed by atoms with Gasteiger partial charge < -0.3 is 10.2 Å². The first-order valence-electron chi connectivity index (χ1n) is 13.7. The highest BCUT2D eigenvalue weighted by Crippen LogP contribution is 2.33. The highest BCUT2D eigenvalue weighted by Gasteiger charge is 2.35. The second-order valence-corrected chi connectivity index (χ2v) is 11.9. The van der Waals surface area contributed by atoms with Gasteiger partial charge in [0.25, 0.3) is 10.0 Å². The summed E-state index contributed by atoms with van der Waals surface area (Å²) in [6, 6.07) is 17.9. The van der Waals surface area contributed by atoms with E-state index in [-0.39, 0.29) is 17.1 Å². The highest BCUT2D eigenvalue weighted by molar-refractivity contribution is 7.92. The molecule has 0 fully saturated rings. The summed E-state index contributed by atoms with van der Waals surface area (Å²) >= 11 is 0. The van der Waals surface area contributed by atoms with Gasteiger partial charge in [0.05, 0.1) is 16.1 Å². The highest BCUT2D eigenvalue weighted by atomic mass is 32.2. The van der Waals surface area contributed by atoms with Crippen LogP contribution in [0.15, 0.2) is 83.8 Å². The third kappa shape index (κ3) is 8.58. The molecule has 0 bridgehead atoms. The Hall–Kier alpha value is -3.86. The van der Waals surface area contributed by atoms with Crippen molar-refractivity contribution in [1.29, 1.82) is 0 Å². The van der Waals surface area contributed by atoms with Crippen LogP contribution in [0.2, 0.25) is 0 Å². The van der Waals surface area contributed by atoms with Crippen LogP contribution in [0.25, 0.3) is 0 Å². The van der Waals surface area contributed by atoms with E-state index in [4.69, 9.17) is 0 Å². The predicted octanol–water partition coefficient (Wildman–Crippen LogP) is 5.59. The van der Waals surface area contributed by atoms with Crippen molar-refractivity contribution in [3.8, 4) is 0 Å². The minimum Gasteiger partial charge on any atom is -0.354 e. The lowest BCUT2D eigenvalue weighted by Gasteiger charge is -2.32. The van der Waals surface area contributed by atoms with Gasteiger partial charge in [-0.05, 0) is 62.6 Å². The number of halogens is 3. The molecule has 0 aliphatic rings. The van der Waals surface area contributed by atoms with Crippen LogP contribution in [0.1, 0.15) is 43.4 Å². The molecule has 1 N–H and O–H groups in total. The summed E-state index contributed by atoms with van der Waals surface area (Å²) in [5.74, 6) is -1.13. The number of amides is 2. The van der Waals surface area contributed by atoms with Crippen molar-refractivity contribution in [3.63, 3.8) is 0 Å². The van der Waals surface area contributed by atoms with Gasteiger partial charge in [0, 0.05) is 13.1 Å². The van der Waals surface area contributed by atoms with E-state index in [0.29, 0.717) is 23.3 Å². The first-order chi connectivity index (χ1) is 19.8. The van der Waals surface area contributed by atoms with Crippen LogP contribution < -0.4 is 9.62 Å². The number of anilines is 1. The Labute approximate surface area is 245 Å². The molecular weight excluding hydrogens is 567 g/mol. The maximum absolute atomic E-state index is 13.9. The molecule has 0 unspecified atom stereocenters. The van der Waals surface area contributed by atoms with E-state index in [0.717, 1.165) is 36.1 Å². The van der Waals surface area contributed by atoms with Crippen LogP contribution >= 0.6 is 0 Å². The summed E-state index contributed by atoms with van der Waals surface area (Å²) in [7, 11) is -4.47. The van der Waals surface area contributed by atoms with E-state index in [2.05, 4.69) is 5.32 Å². The molecule has 0 aliphatic heterocycles. The van der Waals surface area contributed by atoms with E-state index in [1.807, 2.05) is 37.3 Å². The summed E-state index contributed by atoms with van der Waals surface area (Å²) < 4.78 is 69.1. The van der Waals surface area contributed by atoms with Crippen LogP contribution in [0.4, 0.5) is 18.9 Å². The summed E-state index contributed by atoms with van der Waals surface area (Å²) in [5.41, 5.74) is 0.310. The summed E-state index contributed by atoms with van der Waals surface area (Å²) in [4.78, 5) is 27.9. The second kappa shape index (κ2) is 14.4. The molecule has 1 atom stereocenters. The number of hydrogen-bond acceptors (Lipinski definition) is 4. The van der Waals surface area contributed by atoms with Crippen LogP contribution in [0.3, 0.4) is 0 Å². The molecule has 0 aromatic heterocycles. The Balaban J connectivity index is 2.01. The topological polar surface area (TPSA) is 86.8 Å². The molecular formula is C31H36F3N3O4S. The van der Waals surface area contributed by atoms with Gasteiger partial charge in [0.15, 0.2) is 0 Å². The van der Waals surface area contributed by atoms with E-state index >= 15 is 0 Å². The molecule has 3 rings (SSSR count). The number of carbonyl (C=O) groups excluding carboxylic acids is 2. The second-order valence-electron chi connectivity index (χ2n) is 10.0. The molecule has 2 amide bonds. The minimum absolute atomic E-state index is 0.0895. The van der Waals surface area contributed by atoms with Crippen LogP contribution in [-0.4, -0.2) is 50.8 Å². The summed E-state index contributed by atoms with van der Waals surface area (Å²) in [5, 5.41) is 2.80. The van der Waals surface area contributed by atoms with Crippen molar-refractivity contribution in [3.05, 3.63) is 95.6 Å². The number of carbonyl (C=O) groups is 2. The maximum Gasteiger partial charge on any atom is 0.416 e. The first-order valence-corrected chi connectivity index (χ1v) is 15.2. The number of benzene rings is 3. The molecule has 0 aliphatic carbocycles. The third-order valence-electron chi connectivity index (χ3n) is 6.83. The standard InChI is InChI=1S/C31H36F3N3O4S/c1-4-5-19-35-30(39)24(3)36(20-18-25-10-7-6-8-11-25)29(38)22-37(27-13-9-12-26(21-27)31(32,33)34)42(40,41)28-16-14-23(2)15-17-28/h6-17,21,24H,4-5,18-20,22H2,1-3H3,(H,35,39)/t24-/m1/s1. The summed E-state index contributed by atoms with van der Waals surface area (Å²) in [6.45, 7) is 4.99. The number of unbranched alkanes of at least 4 members (excludes halogenated alkanes) is 1. The minimum atomic E-state index is -4.73. The molecule has 0 heterocycles. The van der Waals surface area contributed by atoms with E-state index < -0.39 is 46.2 Å². The van der Waals surface area contributed by atoms with E-state index in [9.17, 15) is 31.2 Å². The van der Waals surface area contributed by atoms with Crippen LogP contribution in [-0.2, 0) is 32.2 Å². The fourth-order valence-electron chi connectivity index (χ4n) is 4.31. The Morgan fingerprint density at radius 2 is 1.62 bits per heavy atom. The fraction of sp³-hybridized carbons (Fsp3) is 0.355. The van der Waals surface area contributed by atoms with Crippen LogP contribution in [0, 0.1) is 6.92 Å². The number of nitrogens with zero attached hydrogens (tertiary/aromatic N) is 2. The molecule has 0 saturated carbocycles. The SMILES string of the molecule is CCCCNC(=O)[C@@H](C)N(CCc1ccccc1)C(=O)CN(c1cccc(C(F)(F)F)c1)S(=O)(=O)c1ccc(C)cc1. The number of alkyl halides is 3. The quantitative estimate of drug-likeness (QED) is 0.258. The molecule has 226 valence electrons. The third-order valence-corrected chi connectivity index (χ3v) is 8.62. The van der Waals surface area contributed by atoms with Gasteiger partial charge in [0.2, 0.25) is 11.8 Å². The van der Waals surface area contributed by atoms with Crippen molar-refractivity contribution in [2.45, 2.75) is 57.1 Å². The molecule has 0 radical (unpaired) electrons. The normalized spacial score (nSPS) is 12.4. The van der Waals surface area contributed by atoms with Gasteiger partial charge in [-0.25, -0.2) is 8.42 Å². The lowest BCUT2D eigenvalue weighted by Crippen LogP contribution is -2.52. The Morgan fingerprint density at radius 1 is 0.952 bits per heavy atom. The average Bonchev–Trinajstić information content (AvgIpc) is 2.96. The molecule has 0 spiro atoms. The molecule has 0 saturated heterocycles. The number of nitrogens with one attached hydrogen (secondary N) is 1. The van der Waals surface area contributed by atoms with Gasteiger partial charge >= 0.3 is 6.18 Å². The first kappa shape index (κ1) is 32.7. The van der Waals surface area contributed by atoms with Gasteiger partial charge in [-0.3, -0.25) is 13.9 Å². The van der Waals surface area contributed by atoms with E-state index in [1.165, 1.54) is 23.1 Å². The number of hydrogen-bond donors (Lipinski definition) is 1. The monoisotopic (exact) mass is 603 g/mol. The van der Waals surface area contributed by atoms with Crippen molar-refractivity contribution in [1.82, 2.24) is 10.2 Å². The van der Waals surface area contributed by atoms with Gasteiger partial charge in [-0.15, -0.1) is 0 Å². The molecule has 42 heavy (non-hydrogen) atoms. The maximum atomic E-state index is 13.9. The molecule has 3 aromatic rings. The van der Waals surface area contributed by atoms with Gasteiger partial charge in [-0.2, -0.15) is 13.2 Å². The van der Waals surface area contributed by atoms with Crippen molar-refractivity contribution < 1.29 is 31.2 Å². The number of sulfonamides is 1. The molecule has 7 nitrogen and oxygen atoms in total. The number of rotatable bonds is 13. The van der Waals surface area contributed by atoms with Gasteiger partial charge in [-0.1, -0.05) is 67.4 Å². The van der Waals surface area contributed by atoms with Gasteiger partial charge in [0.1, 0.15) is 12.6 Å². The Bertz CT molecular complexity index is 1450. The lowest BCUT2D eigenvalue weighted by molar-refractivity contribution is -0.138. The van der Waals surface area contributed by atoms with Crippen molar-refractivity contribution >= 4 is 27.5 Å². The summed E-state index contributed by atoms with van der Waals surface area (Å²) in [6.07, 6.45) is -2.75. The van der Waals surface area contributed by atoms with Crippen LogP contribution in [0.5, 0.6) is 0 Å². The molecule has 11 heteroatoms. The zero-order valence-corrected chi connectivity index (χ0v) is 24.7. The number of aryl methyl sites for hydroxylation is 1. The zero-order valence-electron chi connectivity index (χ0n) is 23.9. The van der Waals surface area contributed by atoms with E-state index in [1.54, 1.807) is 26.0 Å².